The molecule has 0 unspecified atom stereocenters. The molecule has 0 saturated carbocycles. The first-order valence-electron chi connectivity index (χ1n) is 6.18. The molecule has 0 fully saturated rings. The lowest BCUT2D eigenvalue weighted by molar-refractivity contribution is 0.0691. The third-order valence-electron chi connectivity index (χ3n) is 2.89. The highest BCUT2D eigenvalue weighted by Crippen LogP contribution is 2.27. The van der Waals surface area contributed by atoms with Gasteiger partial charge in [0.05, 0.1) is 6.61 Å². The Balaban J connectivity index is 0.00000220. The molecule has 5 nitrogen and oxygen atoms in total. The quantitative estimate of drug-likeness (QED) is 0.824. The largest absolute Gasteiger partial charge is 0.476 e. The highest BCUT2D eigenvalue weighted by Gasteiger charge is 2.13. The molecule has 22 heavy (non-hydrogen) atoms. The van der Waals surface area contributed by atoms with Crippen molar-refractivity contribution in [2.45, 2.75) is 6.54 Å². The van der Waals surface area contributed by atoms with Crippen molar-refractivity contribution < 1.29 is 15.0 Å². The molecule has 0 bridgehead atoms. The predicted octanol–water partition coefficient (Wildman–Crippen LogP) is 2.78. The molecule has 0 amide bonds. The van der Waals surface area contributed by atoms with E-state index in [0.29, 0.717) is 18.1 Å². The number of aromatic carboxylic acids is 1. The van der Waals surface area contributed by atoms with Crippen molar-refractivity contribution in [1.82, 2.24) is 9.88 Å². The van der Waals surface area contributed by atoms with Gasteiger partial charge in [0.2, 0.25) is 0 Å². The summed E-state index contributed by atoms with van der Waals surface area (Å²) in [6.45, 7) is 1.38. The lowest BCUT2D eigenvalue weighted by atomic mass is 10.1. The Morgan fingerprint density at radius 3 is 2.59 bits per heavy atom. The van der Waals surface area contributed by atoms with Crippen LogP contribution in [0.1, 0.15) is 16.1 Å². The molecule has 0 aliphatic heterocycles. The minimum absolute atomic E-state index is 0. The van der Waals surface area contributed by atoms with E-state index in [1.54, 1.807) is 5.38 Å². The fraction of sp³-hybridized carbons (Fsp3) is 0.286. The van der Waals surface area contributed by atoms with E-state index in [1.165, 1.54) is 11.3 Å². The van der Waals surface area contributed by atoms with Gasteiger partial charge in [-0.25, -0.2) is 9.78 Å². The molecule has 1 heterocycles. The van der Waals surface area contributed by atoms with Gasteiger partial charge in [-0.1, -0.05) is 24.3 Å². The van der Waals surface area contributed by atoms with Crippen LogP contribution >= 0.6 is 36.2 Å². The van der Waals surface area contributed by atoms with Gasteiger partial charge in [0, 0.05) is 24.0 Å². The molecule has 122 valence electrons. The molecular formula is C14H18Cl2N2O3S. The van der Waals surface area contributed by atoms with Crippen LogP contribution < -0.4 is 0 Å². The Kier molecular flexibility index (Phi) is 9.24. The van der Waals surface area contributed by atoms with E-state index < -0.39 is 5.97 Å². The van der Waals surface area contributed by atoms with Crippen molar-refractivity contribution in [3.8, 4) is 10.6 Å². The van der Waals surface area contributed by atoms with E-state index in [2.05, 4.69) is 4.98 Å². The summed E-state index contributed by atoms with van der Waals surface area (Å²) >= 11 is 1.33. The van der Waals surface area contributed by atoms with Gasteiger partial charge in [-0.05, 0) is 12.6 Å². The van der Waals surface area contributed by atoms with E-state index in [1.807, 2.05) is 36.2 Å². The van der Waals surface area contributed by atoms with Crippen molar-refractivity contribution in [3.63, 3.8) is 0 Å². The van der Waals surface area contributed by atoms with E-state index in [-0.39, 0.29) is 37.1 Å². The van der Waals surface area contributed by atoms with Crippen LogP contribution in [0.3, 0.4) is 0 Å². The maximum absolute atomic E-state index is 10.9. The molecule has 8 heteroatoms. The van der Waals surface area contributed by atoms with Crippen molar-refractivity contribution >= 4 is 42.1 Å². The van der Waals surface area contributed by atoms with Crippen LogP contribution in [0.5, 0.6) is 0 Å². The number of carboxylic acids is 1. The summed E-state index contributed by atoms with van der Waals surface area (Å²) in [7, 11) is 1.93. The number of benzene rings is 1. The van der Waals surface area contributed by atoms with Gasteiger partial charge in [-0.15, -0.1) is 36.2 Å². The molecule has 2 aromatic rings. The van der Waals surface area contributed by atoms with Gasteiger partial charge in [0.15, 0.2) is 5.69 Å². The molecule has 2 N–H and O–H groups in total. The SMILES string of the molecule is CN(CCO)Cc1ccccc1-c1nc(C(=O)O)cs1.Cl.Cl. The monoisotopic (exact) mass is 364 g/mol. The average molecular weight is 365 g/mol. The van der Waals surface area contributed by atoms with Crippen LogP contribution in [0.4, 0.5) is 0 Å². The van der Waals surface area contributed by atoms with Crippen LogP contribution in [0, 0.1) is 0 Å². The zero-order chi connectivity index (χ0) is 14.5. The van der Waals surface area contributed by atoms with Crippen molar-refractivity contribution in [3.05, 3.63) is 40.9 Å². The molecule has 1 aromatic heterocycles. The van der Waals surface area contributed by atoms with Crippen LogP contribution in [-0.2, 0) is 6.54 Å². The number of nitrogens with zero attached hydrogens (tertiary/aromatic N) is 2. The highest BCUT2D eigenvalue weighted by molar-refractivity contribution is 7.13. The zero-order valence-corrected chi connectivity index (χ0v) is 14.4. The number of hydrogen-bond donors (Lipinski definition) is 2. The fourth-order valence-electron chi connectivity index (χ4n) is 1.90. The van der Waals surface area contributed by atoms with Crippen molar-refractivity contribution in [2.75, 3.05) is 20.2 Å². The number of aliphatic hydroxyl groups excluding tert-OH is 1. The molecule has 1 aromatic carbocycles. The number of carboxylic acid groups (broad SMARTS) is 1. The normalized spacial score (nSPS) is 9.95. The van der Waals surface area contributed by atoms with Gasteiger partial charge >= 0.3 is 5.97 Å². The Labute approximate surface area is 145 Å². The molecule has 0 aliphatic carbocycles. The first-order chi connectivity index (χ1) is 9.61. The maximum Gasteiger partial charge on any atom is 0.355 e. The van der Waals surface area contributed by atoms with Gasteiger partial charge in [-0.2, -0.15) is 0 Å². The minimum Gasteiger partial charge on any atom is -0.476 e. The first-order valence-corrected chi connectivity index (χ1v) is 7.06. The number of hydrogen-bond acceptors (Lipinski definition) is 5. The average Bonchev–Trinajstić information content (AvgIpc) is 2.89. The first kappa shape index (κ1) is 20.8. The topological polar surface area (TPSA) is 73.7 Å². The van der Waals surface area contributed by atoms with Crippen LogP contribution in [0.2, 0.25) is 0 Å². The third kappa shape index (κ3) is 5.23. The Bertz CT molecular complexity index is 607. The van der Waals surface area contributed by atoms with Crippen molar-refractivity contribution in [1.29, 1.82) is 0 Å². The number of rotatable bonds is 6. The Hall–Kier alpha value is -1.18. The van der Waals surface area contributed by atoms with E-state index in [9.17, 15) is 4.79 Å². The second kappa shape index (κ2) is 9.76. The standard InChI is InChI=1S/C14H16N2O3S.2ClH/c1-16(6-7-17)8-10-4-2-3-5-11(10)13-15-12(9-20-13)14(18)19;;/h2-5,9,17H,6-8H2,1H3,(H,18,19);2*1H. The Morgan fingerprint density at radius 1 is 1.32 bits per heavy atom. The summed E-state index contributed by atoms with van der Waals surface area (Å²) in [6, 6.07) is 7.78. The Morgan fingerprint density at radius 2 is 2.00 bits per heavy atom. The number of aromatic nitrogens is 1. The minimum atomic E-state index is -1.01. The molecule has 0 spiro atoms. The second-order valence-corrected chi connectivity index (χ2v) is 5.32. The maximum atomic E-state index is 10.9. The number of aliphatic hydroxyl groups is 1. The van der Waals surface area contributed by atoms with Gasteiger partial charge in [0.25, 0.3) is 0 Å². The number of likely N-dealkylation sites (N-methyl/N-ethyl adjacent to an activating group) is 1. The summed E-state index contributed by atoms with van der Waals surface area (Å²) in [5, 5.41) is 20.1. The zero-order valence-electron chi connectivity index (χ0n) is 11.9. The van der Waals surface area contributed by atoms with Crippen molar-refractivity contribution in [2.24, 2.45) is 0 Å². The molecule has 0 atom stereocenters. The molecular weight excluding hydrogens is 347 g/mol. The molecule has 0 aliphatic rings. The van der Waals surface area contributed by atoms with Crippen LogP contribution in [-0.4, -0.2) is 46.3 Å². The summed E-state index contributed by atoms with van der Waals surface area (Å²) in [5.74, 6) is -1.01. The number of carbonyl (C=O) groups is 1. The number of thiazole rings is 1. The van der Waals surface area contributed by atoms with Gasteiger partial charge in [-0.3, -0.25) is 4.90 Å². The molecule has 0 saturated heterocycles. The molecule has 2 rings (SSSR count). The summed E-state index contributed by atoms with van der Waals surface area (Å²) in [6.07, 6.45) is 0. The highest BCUT2D eigenvalue weighted by atomic mass is 35.5. The summed E-state index contributed by atoms with van der Waals surface area (Å²) in [5.41, 5.74) is 2.08. The van der Waals surface area contributed by atoms with Crippen LogP contribution in [0.25, 0.3) is 10.6 Å². The third-order valence-corrected chi connectivity index (χ3v) is 3.77. The van der Waals surface area contributed by atoms with E-state index >= 15 is 0 Å². The second-order valence-electron chi connectivity index (χ2n) is 4.46. The van der Waals surface area contributed by atoms with E-state index in [4.69, 9.17) is 10.2 Å². The number of halogens is 2. The van der Waals surface area contributed by atoms with Gasteiger partial charge in [0.1, 0.15) is 5.01 Å². The summed E-state index contributed by atoms with van der Waals surface area (Å²) in [4.78, 5) is 17.1. The van der Waals surface area contributed by atoms with Crippen LogP contribution in [0.15, 0.2) is 29.6 Å². The smallest absolute Gasteiger partial charge is 0.355 e. The fourth-order valence-corrected chi connectivity index (χ4v) is 2.76. The predicted molar refractivity (Wildman–Crippen MR) is 92.4 cm³/mol. The summed E-state index contributed by atoms with van der Waals surface area (Å²) < 4.78 is 0. The van der Waals surface area contributed by atoms with Gasteiger partial charge < -0.3 is 10.2 Å². The lowest BCUT2D eigenvalue weighted by Crippen LogP contribution is -2.21. The molecule has 0 radical (unpaired) electrons. The lowest BCUT2D eigenvalue weighted by Gasteiger charge is -2.16. The van der Waals surface area contributed by atoms with E-state index in [0.717, 1.165) is 11.1 Å².